The normalized spacial score (nSPS) is 14.6. The van der Waals surface area contributed by atoms with Crippen molar-refractivity contribution in [2.24, 2.45) is 0 Å². The molecule has 1 heterocycles. The summed E-state index contributed by atoms with van der Waals surface area (Å²) in [6, 6.07) is 5.37. The second-order valence-corrected chi connectivity index (χ2v) is 6.04. The van der Waals surface area contributed by atoms with Gasteiger partial charge in [0.05, 0.1) is 18.5 Å². The molecule has 9 heteroatoms. The van der Waals surface area contributed by atoms with Crippen LogP contribution in [0.5, 0.6) is 0 Å². The molecule has 0 atom stereocenters. The van der Waals surface area contributed by atoms with Crippen molar-refractivity contribution >= 4 is 18.1 Å². The third-order valence-corrected chi connectivity index (χ3v) is 4.09. The van der Waals surface area contributed by atoms with Crippen molar-refractivity contribution in [1.29, 1.82) is 0 Å². The highest BCUT2D eigenvalue weighted by Crippen LogP contribution is 2.35. The Morgan fingerprint density at radius 3 is 2.75 bits per heavy atom. The molecule has 0 bridgehead atoms. The molecular formula is C15H15F3N4OS. The van der Waals surface area contributed by atoms with Gasteiger partial charge in [0.25, 0.3) is 0 Å². The van der Waals surface area contributed by atoms with Crippen molar-refractivity contribution in [3.63, 3.8) is 0 Å². The van der Waals surface area contributed by atoms with Crippen LogP contribution in [0.1, 0.15) is 35.8 Å². The van der Waals surface area contributed by atoms with Gasteiger partial charge >= 0.3 is 6.18 Å². The van der Waals surface area contributed by atoms with Gasteiger partial charge in [0, 0.05) is 6.04 Å². The molecule has 2 aromatic rings. The number of halogens is 3. The number of carbonyl (C=O) groups excluding carboxylic acids is 1. The van der Waals surface area contributed by atoms with Crippen molar-refractivity contribution in [3.8, 4) is 0 Å². The van der Waals surface area contributed by atoms with E-state index in [1.54, 1.807) is 0 Å². The van der Waals surface area contributed by atoms with Crippen LogP contribution in [0, 0.1) is 4.77 Å². The fourth-order valence-electron chi connectivity index (χ4n) is 2.54. The standard InChI is InChI=1S/C15H15F3N4OS/c16-15(17,18)11-4-2-1-3-9(11)7-13(23)19-8-12-20-21-14(24)22(12)10-5-6-10/h1-4,10H,5-8H2,(H,19,23)(H,21,24). The third-order valence-electron chi connectivity index (χ3n) is 3.81. The molecule has 0 aliphatic heterocycles. The third kappa shape index (κ3) is 3.66. The highest BCUT2D eigenvalue weighted by atomic mass is 32.1. The van der Waals surface area contributed by atoms with Crippen molar-refractivity contribution in [2.75, 3.05) is 0 Å². The van der Waals surface area contributed by atoms with E-state index >= 15 is 0 Å². The summed E-state index contributed by atoms with van der Waals surface area (Å²) in [7, 11) is 0. The molecule has 1 saturated carbocycles. The molecule has 0 spiro atoms. The molecule has 24 heavy (non-hydrogen) atoms. The van der Waals surface area contributed by atoms with Gasteiger partial charge in [-0.05, 0) is 36.7 Å². The average molecular weight is 356 g/mol. The van der Waals surface area contributed by atoms with E-state index in [2.05, 4.69) is 15.5 Å². The van der Waals surface area contributed by atoms with E-state index < -0.39 is 17.6 Å². The first kappa shape index (κ1) is 16.7. The molecule has 1 aliphatic rings. The zero-order chi connectivity index (χ0) is 17.3. The van der Waals surface area contributed by atoms with Gasteiger partial charge in [0.1, 0.15) is 0 Å². The quantitative estimate of drug-likeness (QED) is 0.809. The molecule has 5 nitrogen and oxygen atoms in total. The molecule has 0 unspecified atom stereocenters. The molecule has 0 saturated heterocycles. The van der Waals surface area contributed by atoms with Crippen LogP contribution in [0.15, 0.2) is 24.3 Å². The summed E-state index contributed by atoms with van der Waals surface area (Å²) in [4.78, 5) is 12.0. The van der Waals surface area contributed by atoms with Crippen molar-refractivity contribution in [2.45, 2.75) is 38.0 Å². The molecular weight excluding hydrogens is 341 g/mol. The number of hydrogen-bond donors (Lipinski definition) is 2. The zero-order valence-corrected chi connectivity index (χ0v) is 13.4. The summed E-state index contributed by atoms with van der Waals surface area (Å²) in [5.41, 5.74) is -0.843. The van der Waals surface area contributed by atoms with Crippen molar-refractivity contribution in [3.05, 3.63) is 46.0 Å². The maximum Gasteiger partial charge on any atom is 0.416 e. The summed E-state index contributed by atoms with van der Waals surface area (Å²) >= 11 is 5.14. The van der Waals surface area contributed by atoms with Gasteiger partial charge in [-0.25, -0.2) is 0 Å². The van der Waals surface area contributed by atoms with Gasteiger partial charge in [0.2, 0.25) is 5.91 Å². The number of aromatic amines is 1. The van der Waals surface area contributed by atoms with E-state index in [0.717, 1.165) is 18.9 Å². The first-order valence-electron chi connectivity index (χ1n) is 7.44. The summed E-state index contributed by atoms with van der Waals surface area (Å²) < 4.78 is 41.2. The highest BCUT2D eigenvalue weighted by molar-refractivity contribution is 7.71. The maximum absolute atomic E-state index is 12.9. The molecule has 0 radical (unpaired) electrons. The first-order chi connectivity index (χ1) is 11.4. The first-order valence-corrected chi connectivity index (χ1v) is 7.84. The van der Waals surface area contributed by atoms with E-state index in [1.807, 2.05) is 4.57 Å². The van der Waals surface area contributed by atoms with E-state index in [0.29, 0.717) is 16.6 Å². The minimum Gasteiger partial charge on any atom is -0.349 e. The predicted octanol–water partition coefficient (Wildman–Crippen LogP) is 3.15. The number of alkyl halides is 3. The maximum atomic E-state index is 12.9. The molecule has 1 aromatic carbocycles. The van der Waals surface area contributed by atoms with Gasteiger partial charge in [-0.15, -0.1) is 0 Å². The van der Waals surface area contributed by atoms with Crippen LogP contribution >= 0.6 is 12.2 Å². The minimum absolute atomic E-state index is 0.0523. The van der Waals surface area contributed by atoms with Gasteiger partial charge in [-0.2, -0.15) is 18.3 Å². The fourth-order valence-corrected chi connectivity index (χ4v) is 2.84. The van der Waals surface area contributed by atoms with Crippen molar-refractivity contribution < 1.29 is 18.0 Å². The lowest BCUT2D eigenvalue weighted by atomic mass is 10.0. The number of rotatable bonds is 5. The Balaban J connectivity index is 1.66. The number of carbonyl (C=O) groups is 1. The van der Waals surface area contributed by atoms with Crippen LogP contribution < -0.4 is 5.32 Å². The number of aromatic nitrogens is 3. The van der Waals surface area contributed by atoms with Crippen LogP contribution in [-0.4, -0.2) is 20.7 Å². The lowest BCUT2D eigenvalue weighted by molar-refractivity contribution is -0.138. The van der Waals surface area contributed by atoms with Crippen LogP contribution in [0.4, 0.5) is 13.2 Å². The second kappa shape index (κ2) is 6.39. The zero-order valence-electron chi connectivity index (χ0n) is 12.6. The number of amides is 1. The SMILES string of the molecule is O=C(Cc1ccccc1C(F)(F)F)NCc1n[nH]c(=S)n1C1CC1. The minimum atomic E-state index is -4.48. The number of benzene rings is 1. The molecule has 1 aromatic heterocycles. The topological polar surface area (TPSA) is 62.7 Å². The second-order valence-electron chi connectivity index (χ2n) is 5.65. The van der Waals surface area contributed by atoms with Crippen LogP contribution in [0.25, 0.3) is 0 Å². The molecule has 128 valence electrons. The van der Waals surface area contributed by atoms with E-state index in [9.17, 15) is 18.0 Å². The lowest BCUT2D eigenvalue weighted by Gasteiger charge is -2.12. The van der Waals surface area contributed by atoms with Crippen molar-refractivity contribution in [1.82, 2.24) is 20.1 Å². The lowest BCUT2D eigenvalue weighted by Crippen LogP contribution is -2.27. The van der Waals surface area contributed by atoms with E-state index in [1.165, 1.54) is 18.2 Å². The smallest absolute Gasteiger partial charge is 0.349 e. The van der Waals surface area contributed by atoms with Gasteiger partial charge in [0.15, 0.2) is 10.6 Å². The molecule has 1 fully saturated rings. The van der Waals surface area contributed by atoms with Gasteiger partial charge in [-0.1, -0.05) is 18.2 Å². The summed E-state index contributed by atoms with van der Waals surface area (Å²) in [5.74, 6) is 0.0860. The Morgan fingerprint density at radius 1 is 1.38 bits per heavy atom. The number of nitrogens with zero attached hydrogens (tertiary/aromatic N) is 2. The Labute approximate surface area is 140 Å². The Hall–Kier alpha value is -2.16. The number of nitrogens with one attached hydrogen (secondary N) is 2. The number of hydrogen-bond acceptors (Lipinski definition) is 3. The summed E-state index contributed by atoms with van der Waals surface area (Å²) in [6.07, 6.45) is -2.81. The Kier molecular flexibility index (Phi) is 4.44. The molecule has 3 rings (SSSR count). The van der Waals surface area contributed by atoms with E-state index in [4.69, 9.17) is 12.2 Å². The molecule has 1 amide bonds. The highest BCUT2D eigenvalue weighted by Gasteiger charge is 2.33. The average Bonchev–Trinajstić information content (AvgIpc) is 3.28. The Bertz CT molecular complexity index is 808. The van der Waals surface area contributed by atoms with Gasteiger partial charge in [-0.3, -0.25) is 14.5 Å². The van der Waals surface area contributed by atoms with Crippen LogP contribution in [0.2, 0.25) is 0 Å². The molecule has 1 aliphatic carbocycles. The molecule has 2 N–H and O–H groups in total. The fraction of sp³-hybridized carbons (Fsp3) is 0.400. The van der Waals surface area contributed by atoms with E-state index in [-0.39, 0.29) is 18.5 Å². The Morgan fingerprint density at radius 2 is 2.08 bits per heavy atom. The van der Waals surface area contributed by atoms with Crippen LogP contribution in [-0.2, 0) is 23.9 Å². The largest absolute Gasteiger partial charge is 0.416 e. The van der Waals surface area contributed by atoms with Crippen LogP contribution in [0.3, 0.4) is 0 Å². The monoisotopic (exact) mass is 356 g/mol. The predicted molar refractivity (Wildman–Crippen MR) is 82.7 cm³/mol. The summed E-state index contributed by atoms with van der Waals surface area (Å²) in [6.45, 7) is 0.122. The number of H-pyrrole nitrogens is 1. The van der Waals surface area contributed by atoms with Gasteiger partial charge < -0.3 is 5.32 Å². The summed E-state index contributed by atoms with van der Waals surface area (Å²) in [5, 5.41) is 9.35.